The molecule has 0 N–H and O–H groups in total. The fourth-order valence-corrected chi connectivity index (χ4v) is 2.09. The second kappa shape index (κ2) is 3.86. The van der Waals surface area contributed by atoms with Crippen LogP contribution in [0.2, 0.25) is 0 Å². The van der Waals surface area contributed by atoms with Gasteiger partial charge in [-0.25, -0.2) is 0 Å². The Bertz CT molecular complexity index is 242. The highest BCUT2D eigenvalue weighted by Gasteiger charge is 2.44. The lowest BCUT2D eigenvalue weighted by atomic mass is 9.77. The number of allylic oxidation sites excluding steroid dienone is 1. The SMILES string of the molecule is C=CCCC1(C(C)=O)CCCC1=O. The molecule has 0 aromatic carbocycles. The van der Waals surface area contributed by atoms with E-state index in [0.29, 0.717) is 12.8 Å². The molecule has 1 aliphatic carbocycles. The molecule has 1 atom stereocenters. The van der Waals surface area contributed by atoms with Gasteiger partial charge in [0.05, 0.1) is 5.41 Å². The van der Waals surface area contributed by atoms with E-state index in [0.717, 1.165) is 19.3 Å². The van der Waals surface area contributed by atoms with E-state index < -0.39 is 5.41 Å². The summed E-state index contributed by atoms with van der Waals surface area (Å²) in [6, 6.07) is 0. The van der Waals surface area contributed by atoms with Crippen LogP contribution in [0.25, 0.3) is 0 Å². The predicted octanol–water partition coefficient (Wildman–Crippen LogP) is 2.28. The van der Waals surface area contributed by atoms with Crippen molar-refractivity contribution in [1.29, 1.82) is 0 Å². The van der Waals surface area contributed by atoms with E-state index in [-0.39, 0.29) is 11.6 Å². The molecule has 0 aliphatic heterocycles. The first kappa shape index (κ1) is 10.2. The van der Waals surface area contributed by atoms with Crippen molar-refractivity contribution < 1.29 is 9.59 Å². The van der Waals surface area contributed by atoms with Crippen LogP contribution in [-0.4, -0.2) is 11.6 Å². The smallest absolute Gasteiger partial charge is 0.146 e. The highest BCUT2D eigenvalue weighted by atomic mass is 16.2. The van der Waals surface area contributed by atoms with Gasteiger partial charge in [0, 0.05) is 6.42 Å². The summed E-state index contributed by atoms with van der Waals surface area (Å²) in [7, 11) is 0. The molecule has 1 aliphatic rings. The predicted molar refractivity (Wildman–Crippen MR) is 51.4 cm³/mol. The van der Waals surface area contributed by atoms with Crippen LogP contribution in [0, 0.1) is 5.41 Å². The molecule has 0 bridgehead atoms. The molecule has 0 amide bonds. The lowest BCUT2D eigenvalue weighted by Crippen LogP contribution is -2.33. The van der Waals surface area contributed by atoms with Crippen molar-refractivity contribution in [3.8, 4) is 0 Å². The molecule has 0 radical (unpaired) electrons. The quantitative estimate of drug-likeness (QED) is 0.491. The Balaban J connectivity index is 2.80. The van der Waals surface area contributed by atoms with Gasteiger partial charge >= 0.3 is 0 Å². The van der Waals surface area contributed by atoms with Crippen LogP contribution < -0.4 is 0 Å². The van der Waals surface area contributed by atoms with Gasteiger partial charge < -0.3 is 0 Å². The molecule has 2 nitrogen and oxygen atoms in total. The fraction of sp³-hybridized carbons (Fsp3) is 0.636. The van der Waals surface area contributed by atoms with Gasteiger partial charge in [0.2, 0.25) is 0 Å². The molecule has 0 aromatic heterocycles. The summed E-state index contributed by atoms with van der Waals surface area (Å²) in [6.07, 6.45) is 5.38. The zero-order valence-corrected chi connectivity index (χ0v) is 8.14. The third kappa shape index (κ3) is 1.71. The Morgan fingerprint density at radius 2 is 2.38 bits per heavy atom. The molecule has 2 heteroatoms. The fourth-order valence-electron chi connectivity index (χ4n) is 2.09. The monoisotopic (exact) mass is 180 g/mol. The lowest BCUT2D eigenvalue weighted by molar-refractivity contribution is -0.137. The average molecular weight is 180 g/mol. The third-order valence-electron chi connectivity index (χ3n) is 2.99. The topological polar surface area (TPSA) is 34.1 Å². The van der Waals surface area contributed by atoms with Gasteiger partial charge in [0.25, 0.3) is 0 Å². The summed E-state index contributed by atoms with van der Waals surface area (Å²) in [5.74, 6) is 0.179. The Kier molecular flexibility index (Phi) is 3.02. The molecule has 0 saturated heterocycles. The second-order valence-electron chi connectivity index (χ2n) is 3.74. The van der Waals surface area contributed by atoms with Gasteiger partial charge in [0.15, 0.2) is 0 Å². The number of carbonyl (C=O) groups is 2. The van der Waals surface area contributed by atoms with Crippen molar-refractivity contribution in [3.63, 3.8) is 0 Å². The Morgan fingerprint density at radius 3 is 2.77 bits per heavy atom. The van der Waals surface area contributed by atoms with E-state index in [1.54, 1.807) is 6.08 Å². The standard InChI is InChI=1S/C11H16O2/c1-3-4-7-11(9(2)12)8-5-6-10(11)13/h3H,1,4-8H2,2H3. The zero-order chi connectivity index (χ0) is 9.90. The number of hydrogen-bond donors (Lipinski definition) is 0. The van der Waals surface area contributed by atoms with Crippen LogP contribution in [0.1, 0.15) is 39.0 Å². The van der Waals surface area contributed by atoms with E-state index in [1.807, 2.05) is 0 Å². The average Bonchev–Trinajstić information content (AvgIpc) is 2.45. The number of rotatable bonds is 4. The van der Waals surface area contributed by atoms with Crippen molar-refractivity contribution in [2.75, 3.05) is 0 Å². The second-order valence-corrected chi connectivity index (χ2v) is 3.74. The highest BCUT2D eigenvalue weighted by molar-refractivity contribution is 6.07. The van der Waals surface area contributed by atoms with E-state index in [4.69, 9.17) is 0 Å². The van der Waals surface area contributed by atoms with Crippen LogP contribution in [0.15, 0.2) is 12.7 Å². The summed E-state index contributed by atoms with van der Waals surface area (Å²) < 4.78 is 0. The van der Waals surface area contributed by atoms with Crippen molar-refractivity contribution >= 4 is 11.6 Å². The van der Waals surface area contributed by atoms with Crippen molar-refractivity contribution in [3.05, 3.63) is 12.7 Å². The largest absolute Gasteiger partial charge is 0.299 e. The number of Topliss-reactive ketones (excluding diaryl/α,β-unsaturated/α-hetero) is 2. The molecule has 1 fully saturated rings. The number of hydrogen-bond acceptors (Lipinski definition) is 2. The van der Waals surface area contributed by atoms with Crippen molar-refractivity contribution in [1.82, 2.24) is 0 Å². The molecule has 0 spiro atoms. The maximum atomic E-state index is 11.6. The normalized spacial score (nSPS) is 27.6. The summed E-state index contributed by atoms with van der Waals surface area (Å²) in [5, 5.41) is 0. The first-order valence-electron chi connectivity index (χ1n) is 4.79. The van der Waals surface area contributed by atoms with Crippen molar-refractivity contribution in [2.24, 2.45) is 5.41 Å². The Morgan fingerprint density at radius 1 is 1.69 bits per heavy atom. The summed E-state index contributed by atoms with van der Waals surface area (Å²) in [6.45, 7) is 5.15. The van der Waals surface area contributed by atoms with Crippen LogP contribution in [0.4, 0.5) is 0 Å². The van der Waals surface area contributed by atoms with Gasteiger partial charge in [-0.2, -0.15) is 0 Å². The van der Waals surface area contributed by atoms with Crippen LogP contribution in [-0.2, 0) is 9.59 Å². The van der Waals surface area contributed by atoms with Gasteiger partial charge in [-0.05, 0) is 32.6 Å². The molecule has 13 heavy (non-hydrogen) atoms. The zero-order valence-electron chi connectivity index (χ0n) is 8.14. The molecular weight excluding hydrogens is 164 g/mol. The minimum absolute atomic E-state index is 0.0388. The molecule has 72 valence electrons. The third-order valence-corrected chi connectivity index (χ3v) is 2.99. The van der Waals surface area contributed by atoms with Crippen LogP contribution in [0.5, 0.6) is 0 Å². The van der Waals surface area contributed by atoms with Gasteiger partial charge in [-0.3, -0.25) is 9.59 Å². The van der Waals surface area contributed by atoms with Crippen LogP contribution >= 0.6 is 0 Å². The van der Waals surface area contributed by atoms with E-state index >= 15 is 0 Å². The first-order chi connectivity index (χ1) is 6.13. The molecule has 1 rings (SSSR count). The maximum absolute atomic E-state index is 11.6. The lowest BCUT2D eigenvalue weighted by Gasteiger charge is -2.23. The molecular formula is C11H16O2. The minimum atomic E-state index is -0.645. The highest BCUT2D eigenvalue weighted by Crippen LogP contribution is 2.39. The summed E-state index contributed by atoms with van der Waals surface area (Å²) >= 11 is 0. The summed E-state index contributed by atoms with van der Waals surface area (Å²) in [4.78, 5) is 23.0. The van der Waals surface area contributed by atoms with Gasteiger partial charge in [-0.1, -0.05) is 6.08 Å². The van der Waals surface area contributed by atoms with Gasteiger partial charge in [-0.15, -0.1) is 6.58 Å². The van der Waals surface area contributed by atoms with E-state index in [9.17, 15) is 9.59 Å². The number of carbonyl (C=O) groups excluding carboxylic acids is 2. The van der Waals surface area contributed by atoms with E-state index in [2.05, 4.69) is 6.58 Å². The first-order valence-corrected chi connectivity index (χ1v) is 4.79. The maximum Gasteiger partial charge on any atom is 0.146 e. The number of ketones is 2. The Labute approximate surface area is 79.0 Å². The van der Waals surface area contributed by atoms with Gasteiger partial charge in [0.1, 0.15) is 11.6 Å². The molecule has 1 unspecified atom stereocenters. The summed E-state index contributed by atoms with van der Waals surface area (Å²) in [5.41, 5.74) is -0.645. The van der Waals surface area contributed by atoms with Crippen molar-refractivity contribution in [2.45, 2.75) is 39.0 Å². The molecule has 0 heterocycles. The minimum Gasteiger partial charge on any atom is -0.299 e. The van der Waals surface area contributed by atoms with E-state index in [1.165, 1.54) is 6.92 Å². The molecule has 0 aromatic rings. The molecule has 1 saturated carbocycles. The Hall–Kier alpha value is -0.920. The van der Waals surface area contributed by atoms with Crippen LogP contribution in [0.3, 0.4) is 0 Å².